The molecule has 0 saturated carbocycles. The van der Waals surface area contributed by atoms with E-state index in [1.54, 1.807) is 24.3 Å². The molecular formula is C18H15FN4O3. The number of hydrogen-bond acceptors (Lipinski definition) is 4. The number of halogens is 1. The van der Waals surface area contributed by atoms with Crippen molar-refractivity contribution in [3.05, 3.63) is 86.4 Å². The zero-order valence-corrected chi connectivity index (χ0v) is 14.1. The average molecular weight is 354 g/mol. The molecule has 3 rings (SSSR count). The molecule has 0 saturated heterocycles. The first-order chi connectivity index (χ1) is 12.4. The Morgan fingerprint density at radius 3 is 2.46 bits per heavy atom. The zero-order valence-electron chi connectivity index (χ0n) is 14.1. The molecule has 0 bridgehead atoms. The number of aromatic nitrogens is 3. The van der Waals surface area contributed by atoms with Gasteiger partial charge in [0.2, 0.25) is 5.69 Å². The number of carbonyl (C=O) groups excluding carboxylic acids is 1. The summed E-state index contributed by atoms with van der Waals surface area (Å²) >= 11 is 0. The third-order valence-corrected chi connectivity index (χ3v) is 3.75. The van der Waals surface area contributed by atoms with Crippen LogP contribution in [0.5, 0.6) is 0 Å². The van der Waals surface area contributed by atoms with Crippen LogP contribution in [0.4, 0.5) is 10.1 Å². The average Bonchev–Trinajstić information content (AvgIpc) is 2.61. The minimum absolute atomic E-state index is 0.173. The minimum Gasteiger partial charge on any atom is -0.320 e. The van der Waals surface area contributed by atoms with Crippen LogP contribution in [0.1, 0.15) is 16.1 Å². The van der Waals surface area contributed by atoms with E-state index in [9.17, 15) is 18.8 Å². The van der Waals surface area contributed by atoms with Crippen molar-refractivity contribution in [2.24, 2.45) is 7.05 Å². The summed E-state index contributed by atoms with van der Waals surface area (Å²) in [6, 6.07) is 12.1. The molecule has 8 heteroatoms. The number of amides is 1. The van der Waals surface area contributed by atoms with E-state index in [1.165, 1.54) is 25.2 Å². The normalized spacial score (nSPS) is 10.6. The van der Waals surface area contributed by atoms with Crippen molar-refractivity contribution in [1.29, 1.82) is 0 Å². The first-order valence-electron chi connectivity index (χ1n) is 7.71. The van der Waals surface area contributed by atoms with Crippen LogP contribution in [0, 0.1) is 12.7 Å². The molecule has 1 amide bonds. The second-order valence-electron chi connectivity index (χ2n) is 5.71. The van der Waals surface area contributed by atoms with Gasteiger partial charge in [-0.15, -0.1) is 0 Å². The van der Waals surface area contributed by atoms with E-state index in [2.05, 4.69) is 10.4 Å². The Labute approximate surface area is 147 Å². The molecule has 1 heterocycles. The third-order valence-electron chi connectivity index (χ3n) is 3.75. The number of anilines is 1. The molecule has 0 aliphatic rings. The van der Waals surface area contributed by atoms with Crippen LogP contribution in [-0.2, 0) is 7.05 Å². The maximum atomic E-state index is 13.3. The fraction of sp³-hybridized carbons (Fsp3) is 0.111. The Kier molecular flexibility index (Phi) is 4.49. The molecule has 7 nitrogen and oxygen atoms in total. The maximum Gasteiger partial charge on any atom is 0.351 e. The Balaban J connectivity index is 2.07. The van der Waals surface area contributed by atoms with E-state index in [-0.39, 0.29) is 5.69 Å². The summed E-state index contributed by atoms with van der Waals surface area (Å²) in [4.78, 5) is 37.0. The molecule has 0 spiro atoms. The van der Waals surface area contributed by atoms with Gasteiger partial charge in [0.1, 0.15) is 5.82 Å². The topological polar surface area (TPSA) is 86.0 Å². The van der Waals surface area contributed by atoms with Gasteiger partial charge in [0, 0.05) is 12.7 Å². The molecule has 2 aromatic carbocycles. The molecule has 0 atom stereocenters. The van der Waals surface area contributed by atoms with Crippen molar-refractivity contribution in [2.75, 3.05) is 5.32 Å². The predicted molar refractivity (Wildman–Crippen MR) is 94.2 cm³/mol. The van der Waals surface area contributed by atoms with Gasteiger partial charge in [0.25, 0.3) is 11.5 Å². The van der Waals surface area contributed by atoms with E-state index in [0.29, 0.717) is 5.69 Å². The highest BCUT2D eigenvalue weighted by molar-refractivity contribution is 6.02. The molecule has 0 aliphatic carbocycles. The summed E-state index contributed by atoms with van der Waals surface area (Å²) < 4.78 is 15.0. The lowest BCUT2D eigenvalue weighted by atomic mass is 10.2. The van der Waals surface area contributed by atoms with Crippen molar-refractivity contribution in [3.63, 3.8) is 0 Å². The van der Waals surface area contributed by atoms with Crippen molar-refractivity contribution in [1.82, 2.24) is 14.3 Å². The summed E-state index contributed by atoms with van der Waals surface area (Å²) in [6.07, 6.45) is 0. The number of nitrogens with one attached hydrogen (secondary N) is 1. The molecule has 0 fully saturated rings. The summed E-state index contributed by atoms with van der Waals surface area (Å²) in [6.45, 7) is 1.89. The highest BCUT2D eigenvalue weighted by Gasteiger charge is 2.19. The second-order valence-corrected chi connectivity index (χ2v) is 5.71. The number of hydrogen-bond donors (Lipinski definition) is 1. The fourth-order valence-corrected chi connectivity index (χ4v) is 2.33. The largest absolute Gasteiger partial charge is 0.351 e. The highest BCUT2D eigenvalue weighted by atomic mass is 19.1. The van der Waals surface area contributed by atoms with Gasteiger partial charge in [0.05, 0.1) is 5.69 Å². The smallest absolute Gasteiger partial charge is 0.320 e. The van der Waals surface area contributed by atoms with Crippen LogP contribution in [-0.4, -0.2) is 20.3 Å². The molecule has 0 radical (unpaired) electrons. The van der Waals surface area contributed by atoms with E-state index in [0.717, 1.165) is 20.9 Å². The summed E-state index contributed by atoms with van der Waals surface area (Å²) in [7, 11) is 1.26. The van der Waals surface area contributed by atoms with Gasteiger partial charge in [-0.1, -0.05) is 23.8 Å². The third kappa shape index (κ3) is 3.30. The molecular weight excluding hydrogens is 339 g/mol. The molecule has 0 unspecified atom stereocenters. The van der Waals surface area contributed by atoms with Gasteiger partial charge < -0.3 is 5.32 Å². The molecule has 132 valence electrons. The second kappa shape index (κ2) is 6.75. The first-order valence-corrected chi connectivity index (χ1v) is 7.71. The Hall–Kier alpha value is -3.55. The standard InChI is InChI=1S/C18H15FN4O3/c1-11-6-8-14(9-7-11)23-18(26)22(2)17(25)15(21-23)16(24)20-13-5-3-4-12(19)10-13/h3-10H,1-2H3,(H,20,24). The summed E-state index contributed by atoms with van der Waals surface area (Å²) in [5.41, 5.74) is -0.427. The summed E-state index contributed by atoms with van der Waals surface area (Å²) in [5, 5.41) is 6.32. The van der Waals surface area contributed by atoms with Crippen molar-refractivity contribution >= 4 is 11.6 Å². The van der Waals surface area contributed by atoms with E-state index >= 15 is 0 Å². The van der Waals surface area contributed by atoms with Crippen molar-refractivity contribution in [3.8, 4) is 5.69 Å². The number of benzene rings is 2. The van der Waals surface area contributed by atoms with Crippen LogP contribution in [0.3, 0.4) is 0 Å². The van der Waals surface area contributed by atoms with Crippen LogP contribution in [0.15, 0.2) is 58.1 Å². The lowest BCUT2D eigenvalue weighted by Gasteiger charge is -2.10. The predicted octanol–water partition coefficient (Wildman–Crippen LogP) is 1.63. The SMILES string of the molecule is Cc1ccc(-n2nc(C(=O)Nc3cccc(F)c3)c(=O)n(C)c2=O)cc1. The number of nitrogens with zero attached hydrogens (tertiary/aromatic N) is 3. The van der Waals surface area contributed by atoms with Crippen molar-refractivity contribution in [2.45, 2.75) is 6.92 Å². The number of rotatable bonds is 3. The Morgan fingerprint density at radius 2 is 1.81 bits per heavy atom. The van der Waals surface area contributed by atoms with Crippen molar-refractivity contribution < 1.29 is 9.18 Å². The minimum atomic E-state index is -0.840. The van der Waals surface area contributed by atoms with E-state index in [1.807, 2.05) is 6.92 Å². The number of carbonyl (C=O) groups is 1. The van der Waals surface area contributed by atoms with Crippen LogP contribution in [0.2, 0.25) is 0 Å². The molecule has 0 aliphatic heterocycles. The van der Waals surface area contributed by atoms with Gasteiger partial charge in [-0.2, -0.15) is 9.78 Å². The molecule has 26 heavy (non-hydrogen) atoms. The van der Waals surface area contributed by atoms with Crippen LogP contribution in [0.25, 0.3) is 5.69 Å². The Bertz CT molecular complexity index is 1100. The van der Waals surface area contributed by atoms with Gasteiger partial charge in [-0.3, -0.25) is 14.2 Å². The lowest BCUT2D eigenvalue weighted by molar-refractivity contribution is 0.101. The fourth-order valence-electron chi connectivity index (χ4n) is 2.33. The molecule has 1 aromatic heterocycles. The van der Waals surface area contributed by atoms with Gasteiger partial charge in [-0.25, -0.2) is 9.18 Å². The molecule has 3 aromatic rings. The Morgan fingerprint density at radius 1 is 1.12 bits per heavy atom. The monoisotopic (exact) mass is 354 g/mol. The van der Waals surface area contributed by atoms with Gasteiger partial charge >= 0.3 is 5.69 Å². The summed E-state index contributed by atoms with van der Waals surface area (Å²) in [5.74, 6) is -1.37. The van der Waals surface area contributed by atoms with Gasteiger partial charge in [0.15, 0.2) is 0 Å². The highest BCUT2D eigenvalue weighted by Crippen LogP contribution is 2.10. The maximum absolute atomic E-state index is 13.3. The van der Waals surface area contributed by atoms with Crippen LogP contribution < -0.4 is 16.6 Å². The van der Waals surface area contributed by atoms with Crippen LogP contribution >= 0.6 is 0 Å². The number of aryl methyl sites for hydroxylation is 1. The quantitative estimate of drug-likeness (QED) is 0.775. The zero-order chi connectivity index (χ0) is 18.8. The van der Waals surface area contributed by atoms with E-state index < -0.39 is 28.7 Å². The lowest BCUT2D eigenvalue weighted by Crippen LogP contribution is -2.43. The molecule has 1 N–H and O–H groups in total. The van der Waals surface area contributed by atoms with Gasteiger partial charge in [-0.05, 0) is 37.3 Å². The van der Waals surface area contributed by atoms with E-state index in [4.69, 9.17) is 0 Å². The first kappa shape index (κ1) is 17.3.